The molecule has 1 N–H and O–H groups in total. The standard InChI is InChI=1S/C22H35N5O2/c1-17-6-5-7-20(18(17)2)26-9-11-27(12-10-26)22(24-15-21(28)25(3)4)23-14-19-8-13-29-16-19/h5-7,19H,8-16H2,1-4H3,(H,23,24). The Kier molecular flexibility index (Phi) is 7.36. The van der Waals surface area contributed by atoms with Gasteiger partial charge in [-0.3, -0.25) is 4.79 Å². The first kappa shape index (κ1) is 21.4. The second-order valence-corrected chi connectivity index (χ2v) is 8.23. The van der Waals surface area contributed by atoms with Gasteiger partial charge in [-0.15, -0.1) is 0 Å². The highest BCUT2D eigenvalue weighted by Crippen LogP contribution is 2.24. The maximum absolute atomic E-state index is 12.0. The van der Waals surface area contributed by atoms with E-state index in [4.69, 9.17) is 4.74 Å². The van der Waals surface area contributed by atoms with Gasteiger partial charge in [-0.25, -0.2) is 4.99 Å². The van der Waals surface area contributed by atoms with Gasteiger partial charge in [-0.2, -0.15) is 0 Å². The number of aliphatic imine (C=N–C) groups is 1. The van der Waals surface area contributed by atoms with Gasteiger partial charge in [-0.1, -0.05) is 12.1 Å². The van der Waals surface area contributed by atoms with Crippen molar-refractivity contribution >= 4 is 17.6 Å². The third kappa shape index (κ3) is 5.63. The molecule has 160 valence electrons. The smallest absolute Gasteiger partial charge is 0.243 e. The zero-order chi connectivity index (χ0) is 20.8. The monoisotopic (exact) mass is 401 g/mol. The summed E-state index contributed by atoms with van der Waals surface area (Å²) >= 11 is 0. The fourth-order valence-corrected chi connectivity index (χ4v) is 3.77. The predicted molar refractivity (Wildman–Crippen MR) is 118 cm³/mol. The van der Waals surface area contributed by atoms with Crippen molar-refractivity contribution in [3.8, 4) is 0 Å². The summed E-state index contributed by atoms with van der Waals surface area (Å²) in [5.41, 5.74) is 4.00. The first-order valence-corrected chi connectivity index (χ1v) is 10.6. The average molecular weight is 402 g/mol. The summed E-state index contributed by atoms with van der Waals surface area (Å²) < 4.78 is 5.49. The highest BCUT2D eigenvalue weighted by atomic mass is 16.5. The van der Waals surface area contributed by atoms with Crippen LogP contribution < -0.4 is 10.2 Å². The molecule has 1 amide bonds. The predicted octanol–water partition coefficient (Wildman–Crippen LogP) is 1.50. The fourth-order valence-electron chi connectivity index (χ4n) is 3.77. The van der Waals surface area contributed by atoms with Crippen LogP contribution in [0.1, 0.15) is 17.5 Å². The summed E-state index contributed by atoms with van der Waals surface area (Å²) in [5, 5.41) is 3.51. The Bertz CT molecular complexity index is 720. The molecule has 7 heteroatoms. The summed E-state index contributed by atoms with van der Waals surface area (Å²) in [7, 11) is 3.54. The number of likely N-dealkylation sites (N-methyl/N-ethyl adjacent to an activating group) is 1. The van der Waals surface area contributed by atoms with Gasteiger partial charge < -0.3 is 24.8 Å². The molecule has 0 saturated carbocycles. The number of anilines is 1. The number of aryl methyl sites for hydroxylation is 1. The van der Waals surface area contributed by atoms with E-state index in [2.05, 4.69) is 52.2 Å². The Morgan fingerprint density at radius 1 is 1.24 bits per heavy atom. The molecule has 0 bridgehead atoms. The van der Waals surface area contributed by atoms with Crippen LogP contribution in [0.3, 0.4) is 0 Å². The van der Waals surface area contributed by atoms with Crippen molar-refractivity contribution in [1.82, 2.24) is 15.1 Å². The van der Waals surface area contributed by atoms with Gasteiger partial charge in [0, 0.05) is 65.0 Å². The lowest BCUT2D eigenvalue weighted by Crippen LogP contribution is -2.53. The highest BCUT2D eigenvalue weighted by molar-refractivity contribution is 5.85. The Balaban J connectivity index is 1.63. The van der Waals surface area contributed by atoms with Gasteiger partial charge in [0.05, 0.1) is 6.61 Å². The number of ether oxygens (including phenoxy) is 1. The fraction of sp³-hybridized carbons (Fsp3) is 0.636. The Labute approximate surface area is 174 Å². The lowest BCUT2D eigenvalue weighted by molar-refractivity contribution is -0.127. The summed E-state index contributed by atoms with van der Waals surface area (Å²) in [4.78, 5) is 23.0. The SMILES string of the molecule is Cc1cccc(N2CCN(C(=NCC(=O)N(C)C)NCC3CCOC3)CC2)c1C. The molecule has 2 fully saturated rings. The summed E-state index contributed by atoms with van der Waals surface area (Å²) in [6.45, 7) is 10.7. The van der Waals surface area contributed by atoms with Crippen LogP contribution >= 0.6 is 0 Å². The molecule has 3 rings (SSSR count). The minimum Gasteiger partial charge on any atom is -0.381 e. The van der Waals surface area contributed by atoms with Gasteiger partial charge in [-0.05, 0) is 37.5 Å². The molecule has 2 saturated heterocycles. The third-order valence-corrected chi connectivity index (χ3v) is 5.93. The second-order valence-electron chi connectivity index (χ2n) is 8.23. The van der Waals surface area contributed by atoms with E-state index in [1.54, 1.807) is 19.0 Å². The Morgan fingerprint density at radius 3 is 2.66 bits per heavy atom. The number of rotatable bonds is 5. The van der Waals surface area contributed by atoms with E-state index < -0.39 is 0 Å². The van der Waals surface area contributed by atoms with Crippen molar-refractivity contribution in [2.75, 3.05) is 71.5 Å². The van der Waals surface area contributed by atoms with Crippen LogP contribution in [0.5, 0.6) is 0 Å². The molecular formula is C22H35N5O2. The van der Waals surface area contributed by atoms with Crippen molar-refractivity contribution in [2.45, 2.75) is 20.3 Å². The second kappa shape index (κ2) is 9.96. The summed E-state index contributed by atoms with van der Waals surface area (Å²) in [6, 6.07) is 6.51. The van der Waals surface area contributed by atoms with E-state index >= 15 is 0 Å². The topological polar surface area (TPSA) is 60.4 Å². The number of nitrogens with one attached hydrogen (secondary N) is 1. The van der Waals surface area contributed by atoms with Gasteiger partial charge in [0.2, 0.25) is 5.91 Å². The average Bonchev–Trinajstić information content (AvgIpc) is 3.24. The third-order valence-electron chi connectivity index (χ3n) is 5.93. The molecule has 2 heterocycles. The van der Waals surface area contributed by atoms with E-state index in [0.717, 1.165) is 58.3 Å². The number of carbonyl (C=O) groups excluding carboxylic acids is 1. The molecule has 0 aliphatic carbocycles. The van der Waals surface area contributed by atoms with Gasteiger partial charge in [0.15, 0.2) is 5.96 Å². The number of hydrogen-bond donors (Lipinski definition) is 1. The molecule has 29 heavy (non-hydrogen) atoms. The van der Waals surface area contributed by atoms with Crippen molar-refractivity contribution < 1.29 is 9.53 Å². The number of nitrogens with zero attached hydrogens (tertiary/aromatic N) is 4. The van der Waals surface area contributed by atoms with Crippen LogP contribution in [-0.4, -0.2) is 88.2 Å². The lowest BCUT2D eigenvalue weighted by Gasteiger charge is -2.38. The maximum Gasteiger partial charge on any atom is 0.243 e. The molecule has 2 aliphatic heterocycles. The van der Waals surface area contributed by atoms with Crippen molar-refractivity contribution in [3.05, 3.63) is 29.3 Å². The first-order valence-electron chi connectivity index (χ1n) is 10.6. The van der Waals surface area contributed by atoms with Gasteiger partial charge in [0.1, 0.15) is 6.54 Å². The van der Waals surface area contributed by atoms with E-state index in [0.29, 0.717) is 5.92 Å². The number of guanidine groups is 1. The first-order chi connectivity index (χ1) is 14.0. The molecule has 1 unspecified atom stereocenters. The van der Waals surface area contributed by atoms with Gasteiger partial charge in [0.25, 0.3) is 0 Å². The number of carbonyl (C=O) groups is 1. The van der Waals surface area contributed by atoms with Gasteiger partial charge >= 0.3 is 0 Å². The zero-order valence-corrected chi connectivity index (χ0v) is 18.3. The molecular weight excluding hydrogens is 366 g/mol. The zero-order valence-electron chi connectivity index (χ0n) is 18.3. The number of amides is 1. The quantitative estimate of drug-likeness (QED) is 0.599. The van der Waals surface area contributed by atoms with Crippen molar-refractivity contribution in [3.63, 3.8) is 0 Å². The van der Waals surface area contributed by atoms with Crippen molar-refractivity contribution in [1.29, 1.82) is 0 Å². The number of benzene rings is 1. The van der Waals surface area contributed by atoms with Crippen LogP contribution in [0.25, 0.3) is 0 Å². The molecule has 2 aliphatic rings. The minimum atomic E-state index is 0.0162. The molecule has 1 aromatic rings. The molecule has 0 spiro atoms. The summed E-state index contributed by atoms with van der Waals surface area (Å²) in [6.07, 6.45) is 1.08. The number of piperazine rings is 1. The Hall–Kier alpha value is -2.28. The van der Waals surface area contributed by atoms with E-state index in [9.17, 15) is 4.79 Å². The molecule has 1 atom stereocenters. The summed E-state index contributed by atoms with van der Waals surface area (Å²) in [5.74, 6) is 1.37. The van der Waals surface area contributed by atoms with Crippen LogP contribution in [0.2, 0.25) is 0 Å². The Morgan fingerprint density at radius 2 is 2.00 bits per heavy atom. The minimum absolute atomic E-state index is 0.0162. The maximum atomic E-state index is 12.0. The van der Waals surface area contributed by atoms with Crippen LogP contribution in [0.4, 0.5) is 5.69 Å². The van der Waals surface area contributed by atoms with Crippen LogP contribution in [0, 0.1) is 19.8 Å². The van der Waals surface area contributed by atoms with E-state index in [1.807, 2.05) is 0 Å². The molecule has 7 nitrogen and oxygen atoms in total. The normalized spacial score (nSPS) is 20.1. The van der Waals surface area contributed by atoms with Crippen LogP contribution in [0.15, 0.2) is 23.2 Å². The number of hydrogen-bond acceptors (Lipinski definition) is 4. The van der Waals surface area contributed by atoms with E-state index in [1.165, 1.54) is 16.8 Å². The highest BCUT2D eigenvalue weighted by Gasteiger charge is 2.23. The molecule has 0 radical (unpaired) electrons. The molecule has 0 aromatic heterocycles. The van der Waals surface area contributed by atoms with Crippen molar-refractivity contribution in [2.24, 2.45) is 10.9 Å². The lowest BCUT2D eigenvalue weighted by atomic mass is 10.1. The van der Waals surface area contributed by atoms with Crippen LogP contribution in [-0.2, 0) is 9.53 Å². The van der Waals surface area contributed by atoms with E-state index in [-0.39, 0.29) is 12.5 Å². The largest absolute Gasteiger partial charge is 0.381 e. The molecule has 1 aromatic carbocycles.